The molecule has 0 aliphatic heterocycles. The molecule has 0 amide bonds. The lowest BCUT2D eigenvalue weighted by molar-refractivity contribution is 0.346. The van der Waals surface area contributed by atoms with E-state index in [2.05, 4.69) is 17.0 Å². The van der Waals surface area contributed by atoms with E-state index in [9.17, 15) is 8.42 Å². The summed E-state index contributed by atoms with van der Waals surface area (Å²) in [4.78, 5) is 0. The molecule has 0 saturated carbocycles. The smallest absolute Gasteiger partial charge is 0.229 e. The van der Waals surface area contributed by atoms with E-state index in [0.29, 0.717) is 12.4 Å². The van der Waals surface area contributed by atoms with Crippen LogP contribution in [0.1, 0.15) is 11.1 Å². The molecule has 0 fully saturated rings. The maximum absolute atomic E-state index is 11.2. The number of hydrogen-bond acceptors (Lipinski definition) is 4. The molecule has 0 saturated heterocycles. The van der Waals surface area contributed by atoms with Crippen molar-refractivity contribution in [1.82, 2.24) is 0 Å². The molecule has 6 heteroatoms. The maximum atomic E-state index is 11.2. The van der Waals surface area contributed by atoms with Crippen LogP contribution in [0.2, 0.25) is 0 Å². The Hall–Kier alpha value is -2.21. The zero-order valence-electron chi connectivity index (χ0n) is 12.9. The number of rotatable bonds is 6. The van der Waals surface area contributed by atoms with Crippen molar-refractivity contribution >= 4 is 21.4 Å². The van der Waals surface area contributed by atoms with E-state index in [-0.39, 0.29) is 0 Å². The molecule has 0 unspecified atom stereocenters. The number of ether oxygens (including phenoxy) is 1. The minimum Gasteiger partial charge on any atom is -0.473 e. The van der Waals surface area contributed by atoms with Crippen LogP contribution in [0, 0.1) is 13.8 Å². The Morgan fingerprint density at radius 2 is 1.73 bits per heavy atom. The summed E-state index contributed by atoms with van der Waals surface area (Å²) in [7, 11) is -3.28. The van der Waals surface area contributed by atoms with Crippen LogP contribution in [0.5, 0.6) is 5.75 Å². The lowest BCUT2D eigenvalue weighted by atomic mass is 10.1. The molecule has 0 atom stereocenters. The predicted octanol–water partition coefficient (Wildman–Crippen LogP) is 3.12. The van der Waals surface area contributed by atoms with Gasteiger partial charge in [-0.25, -0.2) is 8.42 Å². The zero-order valence-corrected chi connectivity index (χ0v) is 13.7. The third kappa shape index (κ3) is 4.96. The quantitative estimate of drug-likeness (QED) is 0.803. The third-order valence-corrected chi connectivity index (χ3v) is 3.77. The second-order valence-corrected chi connectivity index (χ2v) is 6.92. The van der Waals surface area contributed by atoms with E-state index < -0.39 is 10.0 Å². The van der Waals surface area contributed by atoms with Crippen molar-refractivity contribution in [1.29, 1.82) is 0 Å². The molecule has 0 radical (unpaired) electrons. The summed E-state index contributed by atoms with van der Waals surface area (Å²) in [6.45, 7) is 4.39. The third-order valence-electron chi connectivity index (χ3n) is 3.16. The van der Waals surface area contributed by atoms with Gasteiger partial charge < -0.3 is 10.1 Å². The highest BCUT2D eigenvalue weighted by Gasteiger charge is 2.02. The largest absolute Gasteiger partial charge is 0.473 e. The number of hydrogen-bond donors (Lipinski definition) is 2. The van der Waals surface area contributed by atoms with Gasteiger partial charge in [0.25, 0.3) is 0 Å². The van der Waals surface area contributed by atoms with Crippen LogP contribution in [-0.4, -0.2) is 21.4 Å². The topological polar surface area (TPSA) is 67.4 Å². The Morgan fingerprint density at radius 1 is 1.00 bits per heavy atom. The molecular weight excluding hydrogens is 300 g/mol. The Morgan fingerprint density at radius 3 is 2.41 bits per heavy atom. The summed E-state index contributed by atoms with van der Waals surface area (Å²) >= 11 is 0. The molecule has 0 aliphatic rings. The van der Waals surface area contributed by atoms with Crippen molar-refractivity contribution in [2.45, 2.75) is 13.8 Å². The van der Waals surface area contributed by atoms with Gasteiger partial charge in [0.15, 0.2) is 6.73 Å². The maximum Gasteiger partial charge on any atom is 0.229 e. The normalized spacial score (nSPS) is 11.0. The summed E-state index contributed by atoms with van der Waals surface area (Å²) in [5.41, 5.74) is 3.69. The van der Waals surface area contributed by atoms with Gasteiger partial charge in [0.2, 0.25) is 10.0 Å². The fourth-order valence-electron chi connectivity index (χ4n) is 1.91. The van der Waals surface area contributed by atoms with Crippen molar-refractivity contribution in [3.63, 3.8) is 0 Å². The van der Waals surface area contributed by atoms with E-state index in [0.717, 1.165) is 17.7 Å². The van der Waals surface area contributed by atoms with Crippen LogP contribution in [0.15, 0.2) is 42.5 Å². The number of anilines is 2. The molecule has 2 aromatic rings. The fourth-order valence-corrected chi connectivity index (χ4v) is 2.47. The molecule has 2 N–H and O–H groups in total. The second kappa shape index (κ2) is 6.70. The van der Waals surface area contributed by atoms with Crippen LogP contribution < -0.4 is 14.8 Å². The van der Waals surface area contributed by atoms with Crippen molar-refractivity contribution in [2.75, 3.05) is 23.0 Å². The summed E-state index contributed by atoms with van der Waals surface area (Å²) in [5, 5.41) is 3.10. The summed E-state index contributed by atoms with van der Waals surface area (Å²) in [5.74, 6) is 0.793. The number of benzene rings is 2. The minimum absolute atomic E-state index is 0.296. The molecule has 0 heterocycles. The highest BCUT2D eigenvalue weighted by atomic mass is 32.2. The van der Waals surface area contributed by atoms with Crippen LogP contribution in [0.25, 0.3) is 0 Å². The molecule has 0 aliphatic carbocycles. The summed E-state index contributed by atoms with van der Waals surface area (Å²) in [6.07, 6.45) is 1.12. The van der Waals surface area contributed by atoms with Crippen molar-refractivity contribution < 1.29 is 13.2 Å². The fraction of sp³-hybridized carbons (Fsp3) is 0.250. The molecular formula is C16H20N2O3S. The van der Waals surface area contributed by atoms with Gasteiger partial charge in [0, 0.05) is 5.69 Å². The Balaban J connectivity index is 1.94. The van der Waals surface area contributed by atoms with Gasteiger partial charge in [0.05, 0.1) is 11.9 Å². The van der Waals surface area contributed by atoms with Gasteiger partial charge >= 0.3 is 0 Å². The number of sulfonamides is 1. The van der Waals surface area contributed by atoms with E-state index in [4.69, 9.17) is 4.74 Å². The van der Waals surface area contributed by atoms with E-state index in [1.54, 1.807) is 18.2 Å². The van der Waals surface area contributed by atoms with Crippen LogP contribution in [-0.2, 0) is 10.0 Å². The highest BCUT2D eigenvalue weighted by molar-refractivity contribution is 7.92. The molecule has 22 heavy (non-hydrogen) atoms. The predicted molar refractivity (Wildman–Crippen MR) is 89.9 cm³/mol. The Labute approximate surface area is 131 Å². The Kier molecular flexibility index (Phi) is 4.92. The number of nitrogens with one attached hydrogen (secondary N) is 2. The number of aryl methyl sites for hydroxylation is 2. The SMILES string of the molecule is Cc1ccc(OCNc2cccc(NS(C)(=O)=O)c2)cc1C. The van der Waals surface area contributed by atoms with Crippen molar-refractivity contribution in [3.8, 4) is 5.75 Å². The average Bonchev–Trinajstić information content (AvgIpc) is 2.41. The second-order valence-electron chi connectivity index (χ2n) is 5.17. The average molecular weight is 320 g/mol. The lowest BCUT2D eigenvalue weighted by Gasteiger charge is -2.11. The first kappa shape index (κ1) is 16.2. The van der Waals surface area contributed by atoms with Crippen LogP contribution >= 0.6 is 0 Å². The van der Waals surface area contributed by atoms with E-state index in [1.807, 2.05) is 31.2 Å². The van der Waals surface area contributed by atoms with Crippen molar-refractivity contribution in [3.05, 3.63) is 53.6 Å². The highest BCUT2D eigenvalue weighted by Crippen LogP contribution is 2.18. The molecule has 0 spiro atoms. The van der Waals surface area contributed by atoms with Gasteiger partial charge in [-0.05, 0) is 55.3 Å². The van der Waals surface area contributed by atoms with Gasteiger partial charge in [-0.3, -0.25) is 4.72 Å². The van der Waals surface area contributed by atoms with Gasteiger partial charge in [-0.2, -0.15) is 0 Å². The van der Waals surface area contributed by atoms with Crippen LogP contribution in [0.3, 0.4) is 0 Å². The monoisotopic (exact) mass is 320 g/mol. The molecule has 5 nitrogen and oxygen atoms in total. The first-order valence-electron chi connectivity index (χ1n) is 6.85. The molecule has 0 bridgehead atoms. The molecule has 2 aromatic carbocycles. The first-order valence-corrected chi connectivity index (χ1v) is 8.74. The summed E-state index contributed by atoms with van der Waals surface area (Å²) < 4.78 is 30.5. The molecule has 0 aromatic heterocycles. The van der Waals surface area contributed by atoms with Crippen LogP contribution in [0.4, 0.5) is 11.4 Å². The standard InChI is InChI=1S/C16H20N2O3S/c1-12-7-8-16(9-13(12)2)21-11-17-14-5-4-6-15(10-14)18-22(3,19)20/h4-10,17-18H,11H2,1-3H3. The summed E-state index contributed by atoms with van der Waals surface area (Å²) in [6, 6.07) is 12.9. The van der Waals surface area contributed by atoms with Gasteiger partial charge in [-0.15, -0.1) is 0 Å². The first-order chi connectivity index (χ1) is 10.3. The van der Waals surface area contributed by atoms with Gasteiger partial charge in [-0.1, -0.05) is 12.1 Å². The van der Waals surface area contributed by atoms with Crippen molar-refractivity contribution in [2.24, 2.45) is 0 Å². The lowest BCUT2D eigenvalue weighted by Crippen LogP contribution is -2.11. The van der Waals surface area contributed by atoms with E-state index in [1.165, 1.54) is 11.1 Å². The minimum atomic E-state index is -3.28. The molecule has 118 valence electrons. The van der Waals surface area contributed by atoms with E-state index >= 15 is 0 Å². The zero-order chi connectivity index (χ0) is 16.2. The molecule has 2 rings (SSSR count). The van der Waals surface area contributed by atoms with Gasteiger partial charge in [0.1, 0.15) is 5.75 Å². The Bertz CT molecular complexity index is 758.